The van der Waals surface area contributed by atoms with Crippen molar-refractivity contribution >= 4 is 62.5 Å². The third-order valence-corrected chi connectivity index (χ3v) is 14.2. The van der Waals surface area contributed by atoms with Gasteiger partial charge in [-0.15, -0.1) is 24.9 Å². The number of carbonyl (C=O) groups excluding carboxylic acids is 3. The number of carbonyl (C=O) groups is 3. The molecule has 0 aliphatic carbocycles. The van der Waals surface area contributed by atoms with Crippen molar-refractivity contribution in [2.45, 2.75) is 74.4 Å². The van der Waals surface area contributed by atoms with Crippen molar-refractivity contribution in [3.8, 4) is 5.75 Å². The van der Waals surface area contributed by atoms with E-state index in [-0.39, 0.29) is 53.4 Å². The molecule has 3 fully saturated rings. The summed E-state index contributed by atoms with van der Waals surface area (Å²) in [5.74, 6) is -1.44. The van der Waals surface area contributed by atoms with E-state index in [0.29, 0.717) is 36.6 Å². The topological polar surface area (TPSA) is 93.6 Å². The molecule has 3 aliphatic heterocycles. The van der Waals surface area contributed by atoms with Crippen LogP contribution in [0.4, 0.5) is 17.1 Å². The van der Waals surface area contributed by atoms with Crippen LogP contribution in [0.3, 0.4) is 0 Å². The highest BCUT2D eigenvalue weighted by Gasteiger charge is 2.76. The number of aliphatic hydroxyl groups is 1. The molecule has 0 radical (unpaired) electrons. The zero-order valence-corrected chi connectivity index (χ0v) is 32.9. The number of hydrogen-bond donors (Lipinski definition) is 1. The average molecular weight is 782 g/mol. The summed E-state index contributed by atoms with van der Waals surface area (Å²) in [6.07, 6.45) is 4.64. The summed E-state index contributed by atoms with van der Waals surface area (Å²) in [4.78, 5) is 52.4. The molecule has 0 saturated carbocycles. The molecule has 276 valence electrons. The summed E-state index contributed by atoms with van der Waals surface area (Å²) < 4.78 is 4.76. The molecule has 3 unspecified atom stereocenters. The van der Waals surface area contributed by atoms with Gasteiger partial charge in [-0.1, -0.05) is 48.4 Å². The Morgan fingerprint density at radius 3 is 2.04 bits per heavy atom. The fourth-order valence-corrected chi connectivity index (χ4v) is 11.9. The van der Waals surface area contributed by atoms with Gasteiger partial charge in [0.05, 0.1) is 35.8 Å². The maximum Gasteiger partial charge on any atom is 0.251 e. The van der Waals surface area contributed by atoms with E-state index in [4.69, 9.17) is 4.74 Å². The standard InChI is InChI=1S/C40H53BrN4O5S/c1-8-22-43(29-18-20-30(21-19-29)50-13-6)37(47)33-34-38(48)45(32(25-46)26(7)10-3)36(40(34)24-31(41)35(33)51-40)39(49)44(23-9-2)28-16-14-27(15-17-28)42(11-4)12-5/h8-9,14-21,26,31-36,46H,1-2,10-13,22-25H2,3-7H3/t26-,31?,32-,33-,34-,35-,36?,40?/m0/s1. The highest BCUT2D eigenvalue weighted by Crippen LogP contribution is 2.68. The zero-order chi connectivity index (χ0) is 37.0. The fraction of sp³-hybridized carbons (Fsp3) is 0.525. The first-order chi connectivity index (χ1) is 24.6. The minimum atomic E-state index is -0.894. The van der Waals surface area contributed by atoms with Crippen molar-refractivity contribution in [3.63, 3.8) is 0 Å². The Morgan fingerprint density at radius 2 is 1.53 bits per heavy atom. The lowest BCUT2D eigenvalue weighted by Gasteiger charge is -2.41. The molecule has 2 bridgehead atoms. The van der Waals surface area contributed by atoms with Crippen LogP contribution in [0.2, 0.25) is 0 Å². The molecular weight excluding hydrogens is 728 g/mol. The van der Waals surface area contributed by atoms with Gasteiger partial charge in [0.25, 0.3) is 5.91 Å². The smallest absolute Gasteiger partial charge is 0.251 e. The fourth-order valence-electron chi connectivity index (χ4n) is 8.35. The molecule has 0 aromatic heterocycles. The first-order valence-corrected chi connectivity index (χ1v) is 20.0. The first kappa shape index (κ1) is 38.9. The van der Waals surface area contributed by atoms with Crippen molar-refractivity contribution in [2.24, 2.45) is 17.8 Å². The van der Waals surface area contributed by atoms with E-state index in [0.717, 1.165) is 18.8 Å². The van der Waals surface area contributed by atoms with Crippen LogP contribution in [-0.4, -0.2) is 94.0 Å². The molecule has 8 atom stereocenters. The third kappa shape index (κ3) is 6.98. The van der Waals surface area contributed by atoms with Crippen LogP contribution in [0.1, 0.15) is 47.5 Å². The van der Waals surface area contributed by atoms with Crippen LogP contribution >= 0.6 is 27.7 Å². The van der Waals surface area contributed by atoms with Gasteiger partial charge in [-0.05, 0) is 81.6 Å². The number of fused-ring (bicyclic) bond motifs is 1. The molecule has 11 heteroatoms. The molecule has 3 saturated heterocycles. The molecule has 1 N–H and O–H groups in total. The SMILES string of the molecule is C=CCN(C(=O)C1N([C@@H](CO)[C@@H](C)CC)C(=O)[C@@H]2[C@H](C(=O)N(CC=C)c3ccc(OCC)cc3)[C@H]3SC12CC3Br)c1ccc(N(CC)CC)cc1. The maximum atomic E-state index is 15.2. The van der Waals surface area contributed by atoms with E-state index in [1.165, 1.54) is 0 Å². The molecule has 1 spiro atoms. The number of alkyl halides is 1. The molecule has 2 aromatic carbocycles. The summed E-state index contributed by atoms with van der Waals surface area (Å²) in [5, 5.41) is 10.6. The quantitative estimate of drug-likeness (QED) is 0.144. The number of thioether (sulfide) groups is 1. The van der Waals surface area contributed by atoms with Crippen LogP contribution in [-0.2, 0) is 14.4 Å². The van der Waals surface area contributed by atoms with Gasteiger partial charge < -0.3 is 29.4 Å². The van der Waals surface area contributed by atoms with Crippen LogP contribution < -0.4 is 19.4 Å². The van der Waals surface area contributed by atoms with Gasteiger partial charge in [0, 0.05) is 53.3 Å². The van der Waals surface area contributed by atoms with Crippen LogP contribution in [0.25, 0.3) is 0 Å². The summed E-state index contributed by atoms with van der Waals surface area (Å²) in [6.45, 7) is 20.5. The highest BCUT2D eigenvalue weighted by molar-refractivity contribution is 9.09. The minimum Gasteiger partial charge on any atom is -0.494 e. The second kappa shape index (κ2) is 16.6. The van der Waals surface area contributed by atoms with E-state index in [9.17, 15) is 9.90 Å². The Kier molecular flexibility index (Phi) is 12.7. The Morgan fingerprint density at radius 1 is 0.980 bits per heavy atom. The Hall–Kier alpha value is -3.28. The number of amides is 3. The second-order valence-corrected chi connectivity index (χ2v) is 16.4. The number of benzene rings is 2. The third-order valence-electron chi connectivity index (χ3n) is 11.0. The monoisotopic (exact) mass is 780 g/mol. The van der Waals surface area contributed by atoms with Gasteiger partial charge in [0.15, 0.2) is 0 Å². The molecule has 3 aliphatic rings. The number of nitrogens with zero attached hydrogens (tertiary/aromatic N) is 4. The number of ether oxygens (including phenoxy) is 1. The van der Waals surface area contributed by atoms with Crippen molar-refractivity contribution < 1.29 is 24.2 Å². The van der Waals surface area contributed by atoms with Gasteiger partial charge in [0.1, 0.15) is 11.8 Å². The summed E-state index contributed by atoms with van der Waals surface area (Å²) in [7, 11) is 0. The number of hydrogen-bond acceptors (Lipinski definition) is 7. The van der Waals surface area contributed by atoms with Crippen LogP contribution in [0, 0.1) is 17.8 Å². The lowest BCUT2D eigenvalue weighted by molar-refractivity contribution is -0.143. The van der Waals surface area contributed by atoms with E-state index in [1.54, 1.807) is 38.6 Å². The Bertz CT molecular complexity index is 1570. The predicted molar refractivity (Wildman–Crippen MR) is 212 cm³/mol. The Labute approximate surface area is 316 Å². The number of likely N-dealkylation sites (tertiary alicyclic amines) is 1. The molecule has 5 rings (SSSR count). The highest BCUT2D eigenvalue weighted by atomic mass is 79.9. The van der Waals surface area contributed by atoms with Crippen LogP contribution in [0.15, 0.2) is 73.8 Å². The zero-order valence-electron chi connectivity index (χ0n) is 30.5. The largest absolute Gasteiger partial charge is 0.494 e. The summed E-state index contributed by atoms with van der Waals surface area (Å²) in [5.41, 5.74) is 2.46. The molecular formula is C40H53BrN4O5S. The minimum absolute atomic E-state index is 0.0806. The van der Waals surface area contributed by atoms with E-state index >= 15 is 9.59 Å². The summed E-state index contributed by atoms with van der Waals surface area (Å²) >= 11 is 5.52. The van der Waals surface area contributed by atoms with E-state index < -0.39 is 28.7 Å². The Balaban J connectivity index is 1.60. The number of halogens is 1. The molecule has 3 heterocycles. The first-order valence-electron chi connectivity index (χ1n) is 18.2. The maximum absolute atomic E-state index is 15.2. The lowest BCUT2D eigenvalue weighted by atomic mass is 9.70. The number of anilines is 3. The van der Waals surface area contributed by atoms with Crippen molar-refractivity contribution in [1.82, 2.24) is 4.90 Å². The number of aliphatic hydroxyl groups excluding tert-OH is 1. The summed E-state index contributed by atoms with van der Waals surface area (Å²) in [6, 6.07) is 13.8. The molecule has 2 aromatic rings. The van der Waals surface area contributed by atoms with Crippen LogP contribution in [0.5, 0.6) is 5.75 Å². The molecule has 9 nitrogen and oxygen atoms in total. The predicted octanol–water partition coefficient (Wildman–Crippen LogP) is 6.54. The normalized spacial score (nSPS) is 26.0. The van der Waals surface area contributed by atoms with Gasteiger partial charge in [-0.2, -0.15) is 0 Å². The average Bonchev–Trinajstić information content (AvgIpc) is 3.74. The van der Waals surface area contributed by atoms with Crippen molar-refractivity contribution in [1.29, 1.82) is 0 Å². The van der Waals surface area contributed by atoms with Crippen molar-refractivity contribution in [3.05, 3.63) is 73.8 Å². The lowest BCUT2D eigenvalue weighted by Crippen LogP contribution is -2.59. The number of rotatable bonds is 17. The second-order valence-electron chi connectivity index (χ2n) is 13.6. The van der Waals surface area contributed by atoms with Gasteiger partial charge in [-0.3, -0.25) is 14.4 Å². The molecule has 51 heavy (non-hydrogen) atoms. The van der Waals surface area contributed by atoms with Crippen molar-refractivity contribution in [2.75, 3.05) is 54.1 Å². The molecule has 3 amide bonds. The van der Waals surface area contributed by atoms with Gasteiger partial charge in [0.2, 0.25) is 11.8 Å². The van der Waals surface area contributed by atoms with E-state index in [2.05, 4.69) is 47.8 Å². The van der Waals surface area contributed by atoms with Gasteiger partial charge >= 0.3 is 0 Å². The van der Waals surface area contributed by atoms with E-state index in [1.807, 2.05) is 69.3 Å². The van der Waals surface area contributed by atoms with Gasteiger partial charge in [-0.25, -0.2) is 0 Å².